The molecule has 1 aliphatic carbocycles. The Bertz CT molecular complexity index is 3140. The highest BCUT2D eigenvalue weighted by Gasteiger charge is 2.45. The van der Waals surface area contributed by atoms with Crippen LogP contribution >= 0.6 is 11.3 Å². The number of H-pyrrole nitrogens is 2. The third kappa shape index (κ3) is 8.30. The molecule has 0 radical (unpaired) electrons. The molecule has 3 aromatic carbocycles. The number of methoxy groups -OCH3 is 1. The van der Waals surface area contributed by atoms with E-state index in [1.54, 1.807) is 22.4 Å². The average molecular weight is 980 g/mol. The van der Waals surface area contributed by atoms with Crippen LogP contribution in [0, 0.1) is 11.7 Å². The normalized spacial score (nSPS) is 20.3. The van der Waals surface area contributed by atoms with Crippen LogP contribution in [-0.2, 0) is 14.3 Å². The standard InChI is InChI=1S/C53H58FN9O5SSi/c1-29(2)46(60-53(66)67-4)50(64)61-20-10-13-39(61)48-56-26-37(59-48)33-22-35(54)45-40-23-34-21-32(16-17-38(34)63(40)52(68-42(45)24-33)44-19-18-43(69-44)30-14-15-30)36-25-57-49(58-36)41-27-70(5,6)28-62(41)51(65)47(55-3)31-11-8-7-9-12-31/h7-9,11-12,16-19,21-26,29-30,39,41,46-47,52,55H,10,13-15,20,27-28H2,1-6H3,(H,56,59)(H,57,58)(H,60,66)/t39-,41-,46-,47?,52-/m0/s1. The van der Waals surface area contributed by atoms with Crippen LogP contribution in [0.25, 0.3) is 44.7 Å². The predicted octanol–water partition coefficient (Wildman–Crippen LogP) is 10.2. The highest BCUT2D eigenvalue weighted by molar-refractivity contribution is 7.12. The summed E-state index contributed by atoms with van der Waals surface area (Å²) in [5.74, 6) is 1.61. The zero-order valence-electron chi connectivity index (χ0n) is 40.2. The first-order chi connectivity index (χ1) is 33.8. The van der Waals surface area contributed by atoms with E-state index in [4.69, 9.17) is 19.4 Å². The predicted molar refractivity (Wildman–Crippen MR) is 270 cm³/mol. The number of aromatic nitrogens is 5. The third-order valence-electron chi connectivity index (χ3n) is 14.5. The lowest BCUT2D eigenvalue weighted by Gasteiger charge is -2.30. The number of fused-ring (bicyclic) bond motifs is 5. The van der Waals surface area contributed by atoms with Crippen molar-refractivity contribution in [3.63, 3.8) is 0 Å². The van der Waals surface area contributed by atoms with Gasteiger partial charge in [-0.15, -0.1) is 11.3 Å². The van der Waals surface area contributed by atoms with Crippen molar-refractivity contribution in [1.29, 1.82) is 0 Å². The Hall–Kier alpha value is -6.56. The number of ether oxygens (including phenoxy) is 2. The van der Waals surface area contributed by atoms with Crippen LogP contribution in [0.2, 0.25) is 19.1 Å². The smallest absolute Gasteiger partial charge is 0.407 e. The van der Waals surface area contributed by atoms with Crippen molar-refractivity contribution < 1.29 is 28.2 Å². The number of hydrogen-bond acceptors (Lipinski definition) is 9. The molecule has 7 heterocycles. The number of hydrogen-bond donors (Lipinski definition) is 4. The first-order valence-corrected chi connectivity index (χ1v) is 28.6. The number of aromatic amines is 2. The van der Waals surface area contributed by atoms with E-state index in [9.17, 15) is 14.4 Å². The maximum atomic E-state index is 17.0. The lowest BCUT2D eigenvalue weighted by molar-refractivity contribution is -0.135. The minimum atomic E-state index is -1.76. The number of carbonyl (C=O) groups is 3. The van der Waals surface area contributed by atoms with Crippen molar-refractivity contribution >= 4 is 48.2 Å². The summed E-state index contributed by atoms with van der Waals surface area (Å²) < 4.78 is 30.9. The molecule has 0 spiro atoms. The van der Waals surface area contributed by atoms with E-state index in [0.717, 1.165) is 57.1 Å². The Balaban J connectivity index is 0.916. The Kier molecular flexibility index (Phi) is 11.8. The molecule has 17 heteroatoms. The minimum absolute atomic E-state index is 0.0487. The molecule has 14 nitrogen and oxygen atoms in total. The zero-order valence-corrected chi connectivity index (χ0v) is 42.0. The number of alkyl carbamates (subject to hydrolysis) is 1. The molecule has 2 saturated heterocycles. The van der Waals surface area contributed by atoms with Crippen molar-refractivity contribution in [2.75, 3.05) is 26.9 Å². The topological polar surface area (TPSA) is 162 Å². The molecule has 3 fully saturated rings. The van der Waals surface area contributed by atoms with Gasteiger partial charge in [-0.2, -0.15) is 0 Å². The summed E-state index contributed by atoms with van der Waals surface area (Å²) in [6, 6.07) is 25.1. The molecule has 1 unspecified atom stereocenters. The van der Waals surface area contributed by atoms with E-state index >= 15 is 4.39 Å². The molecule has 362 valence electrons. The first-order valence-electron chi connectivity index (χ1n) is 24.3. The van der Waals surface area contributed by atoms with Crippen molar-refractivity contribution in [2.24, 2.45) is 5.92 Å². The van der Waals surface area contributed by atoms with Gasteiger partial charge in [0, 0.05) is 34.1 Å². The van der Waals surface area contributed by atoms with Gasteiger partial charge < -0.3 is 39.9 Å². The molecule has 4 N–H and O–H groups in total. The number of imidazole rings is 2. The van der Waals surface area contributed by atoms with E-state index in [1.807, 2.05) is 68.4 Å². The largest absolute Gasteiger partial charge is 0.464 e. The summed E-state index contributed by atoms with van der Waals surface area (Å²) in [5, 5.41) is 6.89. The summed E-state index contributed by atoms with van der Waals surface area (Å²) in [6.45, 7) is 8.95. The molecule has 0 bridgehead atoms. The van der Waals surface area contributed by atoms with Gasteiger partial charge in [0.1, 0.15) is 35.3 Å². The molecule has 5 atom stereocenters. The molecular weight excluding hydrogens is 922 g/mol. The van der Waals surface area contributed by atoms with Gasteiger partial charge in [-0.05, 0) is 98.6 Å². The van der Waals surface area contributed by atoms with Gasteiger partial charge in [0.2, 0.25) is 18.0 Å². The van der Waals surface area contributed by atoms with E-state index < -0.39 is 38.3 Å². The van der Waals surface area contributed by atoms with Crippen molar-refractivity contribution in [3.8, 4) is 39.5 Å². The zero-order chi connectivity index (χ0) is 48.6. The molecular formula is C53H58FN9O5SSi. The van der Waals surface area contributed by atoms with Gasteiger partial charge in [-0.1, -0.05) is 63.3 Å². The maximum absolute atomic E-state index is 17.0. The fourth-order valence-corrected chi connectivity index (χ4v) is 15.0. The Morgan fingerprint density at radius 2 is 1.60 bits per heavy atom. The number of rotatable bonds is 12. The summed E-state index contributed by atoms with van der Waals surface area (Å²) in [7, 11) is 1.35. The highest BCUT2D eigenvalue weighted by atomic mass is 32.1. The van der Waals surface area contributed by atoms with Crippen molar-refractivity contribution in [1.82, 2.24) is 44.9 Å². The molecule has 1 saturated carbocycles. The SMILES string of the molecule is CNC(C(=O)N1C[Si](C)(C)C[C@H]1c1ncc(-c2ccc3c(c2)cc2n3[C@H](c3ccc(C4CC4)s3)Oc3cc(-c4cnc([C@@H]5CCCN5C(=O)[C@@H](NC(=O)OC)C(C)C)[nH]4)cc(F)c3-2)[nH]1)c1ccccc1. The lowest BCUT2D eigenvalue weighted by Crippen LogP contribution is -2.51. The Morgan fingerprint density at radius 1 is 0.871 bits per heavy atom. The van der Waals surface area contributed by atoms with Crippen molar-refractivity contribution in [2.45, 2.75) is 95.0 Å². The number of benzene rings is 3. The lowest BCUT2D eigenvalue weighted by atomic mass is 10.0. The molecule has 3 amide bonds. The highest BCUT2D eigenvalue weighted by Crippen LogP contribution is 2.50. The summed E-state index contributed by atoms with van der Waals surface area (Å²) in [5.41, 5.74) is 5.86. The first kappa shape index (κ1) is 45.9. The van der Waals surface area contributed by atoms with E-state index in [0.29, 0.717) is 53.0 Å². The van der Waals surface area contributed by atoms with E-state index in [-0.39, 0.29) is 29.8 Å². The molecule has 70 heavy (non-hydrogen) atoms. The second kappa shape index (κ2) is 18.0. The van der Waals surface area contributed by atoms with Gasteiger partial charge in [0.05, 0.1) is 72.7 Å². The fourth-order valence-electron chi connectivity index (χ4n) is 10.9. The molecule has 4 aliphatic rings. The van der Waals surface area contributed by atoms with Crippen LogP contribution in [0.1, 0.15) is 96.8 Å². The quantitative estimate of drug-likeness (QED) is 0.0880. The van der Waals surface area contributed by atoms with Gasteiger partial charge in [-0.25, -0.2) is 19.2 Å². The van der Waals surface area contributed by atoms with Crippen LogP contribution in [0.5, 0.6) is 5.75 Å². The van der Waals surface area contributed by atoms with Crippen LogP contribution in [0.3, 0.4) is 0 Å². The third-order valence-corrected chi connectivity index (χ3v) is 18.5. The van der Waals surface area contributed by atoms with Crippen LogP contribution in [0.4, 0.5) is 9.18 Å². The fraction of sp³-hybridized carbons (Fsp3) is 0.377. The summed E-state index contributed by atoms with van der Waals surface area (Å²) in [4.78, 5) is 63.1. The number of amides is 3. The number of likely N-dealkylation sites (N-methyl/N-ethyl adjacent to an activating group) is 1. The van der Waals surface area contributed by atoms with E-state index in [1.165, 1.54) is 30.9 Å². The molecule has 4 aromatic heterocycles. The average Bonchev–Trinajstić information content (AvgIpc) is 4.03. The van der Waals surface area contributed by atoms with Crippen LogP contribution in [-0.4, -0.2) is 93.2 Å². The van der Waals surface area contributed by atoms with E-state index in [2.05, 4.69) is 74.7 Å². The van der Waals surface area contributed by atoms with Gasteiger partial charge >= 0.3 is 6.09 Å². The number of thiophene rings is 1. The summed E-state index contributed by atoms with van der Waals surface area (Å²) in [6.07, 6.45) is 6.90. The van der Waals surface area contributed by atoms with Crippen LogP contribution in [0.15, 0.2) is 91.3 Å². The minimum Gasteiger partial charge on any atom is -0.464 e. The number of likely N-dealkylation sites (tertiary alicyclic amines) is 1. The van der Waals surface area contributed by atoms with Crippen LogP contribution < -0.4 is 15.4 Å². The van der Waals surface area contributed by atoms with Gasteiger partial charge in [0.25, 0.3) is 0 Å². The monoisotopic (exact) mass is 979 g/mol. The van der Waals surface area contributed by atoms with Crippen molar-refractivity contribution in [3.05, 3.63) is 124 Å². The van der Waals surface area contributed by atoms with Gasteiger partial charge in [-0.3, -0.25) is 14.2 Å². The number of halogens is 1. The number of nitrogens with one attached hydrogen (secondary N) is 4. The summed E-state index contributed by atoms with van der Waals surface area (Å²) >= 11 is 1.75. The molecule has 11 rings (SSSR count). The molecule has 3 aliphatic heterocycles. The second-order valence-electron chi connectivity index (χ2n) is 20.4. The number of carbonyl (C=O) groups excluding carboxylic acids is 3. The number of nitrogens with zero attached hydrogens (tertiary/aromatic N) is 5. The Morgan fingerprint density at radius 3 is 2.31 bits per heavy atom. The molecule has 7 aromatic rings. The van der Waals surface area contributed by atoms with Gasteiger partial charge in [0.15, 0.2) is 0 Å². The Labute approximate surface area is 411 Å². The second-order valence-corrected chi connectivity index (χ2v) is 26.6. The maximum Gasteiger partial charge on any atom is 0.407 e.